The van der Waals surface area contributed by atoms with Gasteiger partial charge in [-0.1, -0.05) is 24.6 Å². The summed E-state index contributed by atoms with van der Waals surface area (Å²) < 4.78 is 19.8. The van der Waals surface area contributed by atoms with E-state index in [1.165, 1.54) is 41.7 Å². The van der Waals surface area contributed by atoms with Crippen LogP contribution in [-0.4, -0.2) is 30.3 Å². The third-order valence-corrected chi connectivity index (χ3v) is 7.23. The lowest BCUT2D eigenvalue weighted by Gasteiger charge is -2.39. The zero-order chi connectivity index (χ0) is 23.5. The molecule has 3 atom stereocenters. The predicted octanol–water partition coefficient (Wildman–Crippen LogP) is 5.79. The molecule has 0 amide bonds. The lowest BCUT2D eigenvalue weighted by atomic mass is 9.88. The highest BCUT2D eigenvalue weighted by Gasteiger charge is 2.28. The number of piperidine rings is 1. The van der Waals surface area contributed by atoms with E-state index in [0.717, 1.165) is 43.8 Å². The molecule has 1 fully saturated rings. The highest BCUT2D eigenvalue weighted by molar-refractivity contribution is 5.53. The van der Waals surface area contributed by atoms with Crippen LogP contribution in [0.25, 0.3) is 0 Å². The molecule has 5 heteroatoms. The van der Waals surface area contributed by atoms with Gasteiger partial charge in [-0.25, -0.2) is 4.39 Å². The van der Waals surface area contributed by atoms with E-state index in [4.69, 9.17) is 4.74 Å². The molecule has 1 saturated heterocycles. The number of phenols is 1. The molecule has 178 valence electrons. The first-order valence-electron chi connectivity index (χ1n) is 12.4. The molecule has 4 nitrogen and oxygen atoms in total. The Morgan fingerprint density at radius 3 is 2.59 bits per heavy atom. The molecule has 0 bridgehead atoms. The van der Waals surface area contributed by atoms with Gasteiger partial charge in [0.25, 0.3) is 0 Å². The number of anilines is 1. The maximum Gasteiger partial charge on any atom is 0.123 e. The van der Waals surface area contributed by atoms with Gasteiger partial charge in [0.2, 0.25) is 0 Å². The number of hydrogen-bond acceptors (Lipinski definition) is 4. The second-order valence-electron chi connectivity index (χ2n) is 9.55. The summed E-state index contributed by atoms with van der Waals surface area (Å²) in [5.41, 5.74) is 4.62. The summed E-state index contributed by atoms with van der Waals surface area (Å²) in [7, 11) is 0. The maximum absolute atomic E-state index is 13.6. The van der Waals surface area contributed by atoms with Crippen LogP contribution in [0.4, 0.5) is 10.1 Å². The molecular formula is C29H33FN2O2. The third-order valence-electron chi connectivity index (χ3n) is 7.23. The highest BCUT2D eigenvalue weighted by atomic mass is 19.1. The Bertz CT molecular complexity index is 1090. The summed E-state index contributed by atoms with van der Waals surface area (Å²) in [5, 5.41) is 13.6. The normalized spacial score (nSPS) is 21.1. The number of halogens is 1. The van der Waals surface area contributed by atoms with Crippen LogP contribution in [0.15, 0.2) is 66.7 Å². The molecule has 2 heterocycles. The Kier molecular flexibility index (Phi) is 6.73. The predicted molar refractivity (Wildman–Crippen MR) is 134 cm³/mol. The molecule has 3 aromatic rings. The number of ether oxygens (including phenoxy) is 1. The van der Waals surface area contributed by atoms with Gasteiger partial charge in [-0.05, 0) is 104 Å². The standard InChI is InChI=1S/C29H33FN2O2/c1-20(28-4-2-3-16-31-28)34-26-12-5-21(6-13-26)18-29-27-14-11-25(33)19-22(27)15-17-32(29)24-9-7-23(30)8-10-24/h5-14,19-20,28-29,31,33H,2-4,15-18H2,1H3. The van der Waals surface area contributed by atoms with Crippen molar-refractivity contribution in [1.29, 1.82) is 0 Å². The SMILES string of the molecule is CC(Oc1ccc(CC2c3ccc(O)cc3CCN2c2ccc(F)cc2)cc1)C1CCCCN1. The number of nitrogens with one attached hydrogen (secondary N) is 1. The summed E-state index contributed by atoms with van der Waals surface area (Å²) in [4.78, 5) is 2.35. The van der Waals surface area contributed by atoms with Crippen molar-refractivity contribution in [3.05, 3.63) is 89.2 Å². The molecule has 0 aromatic heterocycles. The summed E-state index contributed by atoms with van der Waals surface area (Å²) >= 11 is 0. The Balaban J connectivity index is 1.35. The van der Waals surface area contributed by atoms with E-state index in [0.29, 0.717) is 11.8 Å². The molecule has 5 rings (SSSR count). The van der Waals surface area contributed by atoms with Crippen LogP contribution in [0.5, 0.6) is 11.5 Å². The van der Waals surface area contributed by atoms with Crippen molar-refractivity contribution < 1.29 is 14.2 Å². The average molecular weight is 461 g/mol. The minimum Gasteiger partial charge on any atom is -0.508 e. The van der Waals surface area contributed by atoms with Gasteiger partial charge in [0, 0.05) is 18.3 Å². The number of fused-ring (bicyclic) bond motifs is 1. The van der Waals surface area contributed by atoms with Gasteiger partial charge in [0.1, 0.15) is 23.4 Å². The molecule has 3 unspecified atom stereocenters. The number of hydrogen-bond donors (Lipinski definition) is 2. The molecule has 2 N–H and O–H groups in total. The van der Waals surface area contributed by atoms with Crippen molar-refractivity contribution in [2.75, 3.05) is 18.0 Å². The number of rotatable bonds is 6. The molecule has 0 spiro atoms. The molecule has 2 aliphatic heterocycles. The summed E-state index contributed by atoms with van der Waals surface area (Å²) in [6, 6.07) is 21.4. The second-order valence-corrected chi connectivity index (χ2v) is 9.55. The number of nitrogens with zero attached hydrogens (tertiary/aromatic N) is 1. The van der Waals surface area contributed by atoms with Crippen LogP contribution >= 0.6 is 0 Å². The zero-order valence-electron chi connectivity index (χ0n) is 19.7. The lowest BCUT2D eigenvalue weighted by molar-refractivity contribution is 0.152. The van der Waals surface area contributed by atoms with Crippen LogP contribution < -0.4 is 15.0 Å². The quantitative estimate of drug-likeness (QED) is 0.489. The van der Waals surface area contributed by atoms with Gasteiger partial charge in [-0.3, -0.25) is 0 Å². The third kappa shape index (κ3) is 5.05. The molecular weight excluding hydrogens is 427 g/mol. The Labute approximate surface area is 201 Å². The van der Waals surface area contributed by atoms with Crippen molar-refractivity contribution in [3.63, 3.8) is 0 Å². The summed E-state index contributed by atoms with van der Waals surface area (Å²) in [5.74, 6) is 0.972. The fourth-order valence-electron chi connectivity index (χ4n) is 5.36. The van der Waals surface area contributed by atoms with Crippen LogP contribution in [0.1, 0.15) is 48.9 Å². The van der Waals surface area contributed by atoms with Gasteiger partial charge in [-0.2, -0.15) is 0 Å². The van der Waals surface area contributed by atoms with Crippen molar-refractivity contribution in [2.45, 2.75) is 57.2 Å². The van der Waals surface area contributed by atoms with Gasteiger partial charge in [0.15, 0.2) is 0 Å². The van der Waals surface area contributed by atoms with E-state index in [-0.39, 0.29) is 18.0 Å². The number of phenolic OH excluding ortho intramolecular Hbond substituents is 1. The zero-order valence-corrected chi connectivity index (χ0v) is 19.7. The van der Waals surface area contributed by atoms with E-state index in [1.54, 1.807) is 6.07 Å². The summed E-state index contributed by atoms with van der Waals surface area (Å²) in [6.07, 6.45) is 5.46. The largest absolute Gasteiger partial charge is 0.508 e. The Hall–Kier alpha value is -3.05. The first-order valence-corrected chi connectivity index (χ1v) is 12.4. The Morgan fingerprint density at radius 1 is 1.06 bits per heavy atom. The molecule has 0 saturated carbocycles. The highest BCUT2D eigenvalue weighted by Crippen LogP contribution is 2.37. The number of aromatic hydroxyl groups is 1. The average Bonchev–Trinajstić information content (AvgIpc) is 2.86. The molecule has 34 heavy (non-hydrogen) atoms. The molecule has 2 aliphatic rings. The van der Waals surface area contributed by atoms with Crippen LogP contribution in [0.3, 0.4) is 0 Å². The van der Waals surface area contributed by atoms with E-state index in [9.17, 15) is 9.50 Å². The van der Waals surface area contributed by atoms with Gasteiger partial charge in [-0.15, -0.1) is 0 Å². The fraction of sp³-hybridized carbons (Fsp3) is 0.379. The minimum atomic E-state index is -0.226. The van der Waals surface area contributed by atoms with Crippen molar-refractivity contribution in [1.82, 2.24) is 5.32 Å². The molecule has 3 aromatic carbocycles. The smallest absolute Gasteiger partial charge is 0.123 e. The monoisotopic (exact) mass is 460 g/mol. The molecule has 0 aliphatic carbocycles. The molecule has 0 radical (unpaired) electrons. The van der Waals surface area contributed by atoms with Crippen LogP contribution in [0, 0.1) is 5.82 Å². The topological polar surface area (TPSA) is 44.7 Å². The minimum absolute atomic E-state index is 0.104. The second kappa shape index (κ2) is 10.1. The maximum atomic E-state index is 13.6. The first kappa shape index (κ1) is 22.7. The van der Waals surface area contributed by atoms with Crippen LogP contribution in [-0.2, 0) is 12.8 Å². The number of benzene rings is 3. The van der Waals surface area contributed by atoms with Crippen molar-refractivity contribution in [2.24, 2.45) is 0 Å². The fourth-order valence-corrected chi connectivity index (χ4v) is 5.36. The van der Waals surface area contributed by atoms with Crippen molar-refractivity contribution >= 4 is 5.69 Å². The van der Waals surface area contributed by atoms with E-state index >= 15 is 0 Å². The van der Waals surface area contributed by atoms with Gasteiger partial charge in [0.05, 0.1) is 6.04 Å². The Morgan fingerprint density at radius 2 is 1.85 bits per heavy atom. The van der Waals surface area contributed by atoms with Gasteiger partial charge >= 0.3 is 0 Å². The van der Waals surface area contributed by atoms with Crippen molar-refractivity contribution in [3.8, 4) is 11.5 Å². The summed E-state index contributed by atoms with van der Waals surface area (Å²) in [6.45, 7) is 4.04. The van der Waals surface area contributed by atoms with E-state index in [1.807, 2.05) is 24.3 Å². The first-order chi connectivity index (χ1) is 16.6. The lowest BCUT2D eigenvalue weighted by Crippen LogP contribution is -2.44. The van der Waals surface area contributed by atoms with Gasteiger partial charge < -0.3 is 20.1 Å². The van der Waals surface area contributed by atoms with Crippen LogP contribution in [0.2, 0.25) is 0 Å². The van der Waals surface area contributed by atoms with E-state index < -0.39 is 0 Å². The van der Waals surface area contributed by atoms with E-state index in [2.05, 4.69) is 41.4 Å².